The first kappa shape index (κ1) is 22.2. The third kappa shape index (κ3) is 5.77. The van der Waals surface area contributed by atoms with Gasteiger partial charge in [-0.25, -0.2) is 4.79 Å². The van der Waals surface area contributed by atoms with Crippen molar-refractivity contribution in [2.75, 3.05) is 56.2 Å². The number of ether oxygens (including phenoxy) is 1. The van der Waals surface area contributed by atoms with Crippen LogP contribution in [0.2, 0.25) is 5.02 Å². The minimum atomic E-state index is -0.195. The largest absolute Gasteiger partial charge is 0.378 e. The molecule has 29 heavy (non-hydrogen) atoms. The van der Waals surface area contributed by atoms with E-state index in [1.807, 2.05) is 18.2 Å². The first-order chi connectivity index (χ1) is 13.9. The summed E-state index contributed by atoms with van der Waals surface area (Å²) < 4.78 is 5.44. The molecule has 6 nitrogen and oxygen atoms in total. The number of nitrogens with zero attached hydrogens (tertiary/aromatic N) is 2. The van der Waals surface area contributed by atoms with Gasteiger partial charge in [-0.2, -0.15) is 0 Å². The second kappa shape index (κ2) is 10.0. The molecule has 2 saturated heterocycles. The molecule has 0 spiro atoms. The van der Waals surface area contributed by atoms with Gasteiger partial charge in [0.1, 0.15) is 0 Å². The maximum absolute atomic E-state index is 12.7. The van der Waals surface area contributed by atoms with Crippen LogP contribution >= 0.6 is 11.6 Å². The van der Waals surface area contributed by atoms with Crippen LogP contribution < -0.4 is 15.5 Å². The Morgan fingerprint density at radius 2 is 2.03 bits per heavy atom. The smallest absolute Gasteiger partial charge is 0.319 e. The zero-order chi connectivity index (χ0) is 20.9. The van der Waals surface area contributed by atoms with Gasteiger partial charge in [-0.3, -0.25) is 4.90 Å². The SMILES string of the molecule is CC[C@@H]1CCCN(C(C)(C)CNC(=O)Nc2cccc(Cl)c2N2CCOCC2)C1. The maximum Gasteiger partial charge on any atom is 0.319 e. The van der Waals surface area contributed by atoms with Crippen LogP contribution in [0.4, 0.5) is 16.2 Å². The Bertz CT molecular complexity index is 691. The summed E-state index contributed by atoms with van der Waals surface area (Å²) in [5, 5.41) is 6.72. The predicted molar refractivity (Wildman–Crippen MR) is 120 cm³/mol. The van der Waals surface area contributed by atoms with Gasteiger partial charge < -0.3 is 20.3 Å². The Hall–Kier alpha value is -1.50. The van der Waals surface area contributed by atoms with E-state index in [-0.39, 0.29) is 11.6 Å². The molecule has 0 unspecified atom stereocenters. The topological polar surface area (TPSA) is 56.8 Å². The first-order valence-electron chi connectivity index (χ1n) is 10.8. The van der Waals surface area contributed by atoms with E-state index in [1.54, 1.807) is 0 Å². The number of halogens is 1. The van der Waals surface area contributed by atoms with Gasteiger partial charge in [0, 0.05) is 31.7 Å². The van der Waals surface area contributed by atoms with Crippen LogP contribution in [0.1, 0.15) is 40.0 Å². The highest BCUT2D eigenvalue weighted by Gasteiger charge is 2.31. The number of hydrogen-bond donors (Lipinski definition) is 2. The van der Waals surface area contributed by atoms with Crippen LogP contribution in [0, 0.1) is 5.92 Å². The summed E-state index contributed by atoms with van der Waals surface area (Å²) in [5.74, 6) is 0.763. The predicted octanol–water partition coefficient (Wildman–Crippen LogP) is 4.20. The minimum absolute atomic E-state index is 0.0768. The molecule has 2 amide bonds. The standard InChI is InChI=1S/C22H35ClN4O2/c1-4-17-7-6-10-27(15-17)22(2,3)16-24-21(28)25-19-9-5-8-18(23)20(19)26-11-13-29-14-12-26/h5,8-9,17H,4,6-7,10-16H2,1-3H3,(H2,24,25,28)/t17-/m1/s1. The summed E-state index contributed by atoms with van der Waals surface area (Å²) in [4.78, 5) is 17.4. The number of hydrogen-bond acceptors (Lipinski definition) is 4. The molecule has 2 aliphatic rings. The molecule has 0 radical (unpaired) electrons. The fourth-order valence-electron chi connectivity index (χ4n) is 4.25. The van der Waals surface area contributed by atoms with E-state index in [0.717, 1.165) is 43.5 Å². The van der Waals surface area contributed by atoms with Crippen molar-refractivity contribution in [3.8, 4) is 0 Å². The van der Waals surface area contributed by atoms with E-state index in [2.05, 4.69) is 41.2 Å². The molecule has 2 heterocycles. The molecule has 1 atom stereocenters. The quantitative estimate of drug-likeness (QED) is 0.721. The maximum atomic E-state index is 12.7. The van der Waals surface area contributed by atoms with Crippen molar-refractivity contribution in [1.82, 2.24) is 10.2 Å². The molecule has 0 aliphatic carbocycles. The molecule has 0 saturated carbocycles. The van der Waals surface area contributed by atoms with Crippen LogP contribution in [-0.2, 0) is 4.74 Å². The molecule has 7 heteroatoms. The molecular formula is C22H35ClN4O2. The molecule has 2 aliphatic heterocycles. The second-order valence-electron chi connectivity index (χ2n) is 8.72. The Morgan fingerprint density at radius 1 is 1.28 bits per heavy atom. The highest BCUT2D eigenvalue weighted by molar-refractivity contribution is 6.34. The zero-order valence-corrected chi connectivity index (χ0v) is 18.7. The average molecular weight is 423 g/mol. The minimum Gasteiger partial charge on any atom is -0.378 e. The van der Waals surface area contributed by atoms with Crippen LogP contribution in [0.5, 0.6) is 0 Å². The number of urea groups is 1. The van der Waals surface area contributed by atoms with Gasteiger partial charge in [0.2, 0.25) is 0 Å². The Balaban J connectivity index is 1.60. The number of likely N-dealkylation sites (tertiary alicyclic amines) is 1. The molecule has 2 fully saturated rings. The highest BCUT2D eigenvalue weighted by Crippen LogP contribution is 2.34. The zero-order valence-electron chi connectivity index (χ0n) is 18.0. The van der Waals surface area contributed by atoms with Gasteiger partial charge in [0.15, 0.2) is 0 Å². The number of rotatable bonds is 6. The highest BCUT2D eigenvalue weighted by atomic mass is 35.5. The molecule has 1 aromatic carbocycles. The summed E-state index contributed by atoms with van der Waals surface area (Å²) in [7, 11) is 0. The van der Waals surface area contributed by atoms with Crippen molar-refractivity contribution in [3.63, 3.8) is 0 Å². The first-order valence-corrected chi connectivity index (χ1v) is 11.2. The van der Waals surface area contributed by atoms with Gasteiger partial charge in [-0.15, -0.1) is 0 Å². The molecule has 162 valence electrons. The van der Waals surface area contributed by atoms with Crippen LogP contribution in [0.15, 0.2) is 18.2 Å². The Morgan fingerprint density at radius 3 is 2.76 bits per heavy atom. The summed E-state index contributed by atoms with van der Waals surface area (Å²) in [5.41, 5.74) is 1.53. The molecule has 1 aromatic rings. The normalized spacial score (nSPS) is 21.1. The molecule has 0 aromatic heterocycles. The van der Waals surface area contributed by atoms with Crippen molar-refractivity contribution in [3.05, 3.63) is 23.2 Å². The van der Waals surface area contributed by atoms with E-state index in [9.17, 15) is 4.79 Å². The lowest BCUT2D eigenvalue weighted by Gasteiger charge is -2.43. The molecule has 3 rings (SSSR count). The van der Waals surface area contributed by atoms with E-state index in [0.29, 0.717) is 24.8 Å². The van der Waals surface area contributed by atoms with Crippen LogP contribution in [-0.4, -0.2) is 62.4 Å². The van der Waals surface area contributed by atoms with Crippen LogP contribution in [0.25, 0.3) is 0 Å². The van der Waals surface area contributed by atoms with E-state index < -0.39 is 0 Å². The Labute approximate surface area is 179 Å². The van der Waals surface area contributed by atoms with Crippen molar-refractivity contribution in [1.29, 1.82) is 0 Å². The van der Waals surface area contributed by atoms with Gasteiger partial charge in [-0.05, 0) is 51.3 Å². The molecule has 0 bridgehead atoms. The monoisotopic (exact) mass is 422 g/mol. The van der Waals surface area contributed by atoms with E-state index >= 15 is 0 Å². The third-order valence-corrected chi connectivity index (χ3v) is 6.50. The number of para-hydroxylation sites is 1. The van der Waals surface area contributed by atoms with Gasteiger partial charge >= 0.3 is 6.03 Å². The molecular weight excluding hydrogens is 388 g/mol. The van der Waals surface area contributed by atoms with Gasteiger partial charge in [0.25, 0.3) is 0 Å². The number of carbonyl (C=O) groups is 1. The lowest BCUT2D eigenvalue weighted by molar-refractivity contribution is 0.0669. The fourth-order valence-corrected chi connectivity index (χ4v) is 4.54. The lowest BCUT2D eigenvalue weighted by Crippen LogP contribution is -2.55. The summed E-state index contributed by atoms with van der Waals surface area (Å²) in [6, 6.07) is 5.43. The number of carbonyl (C=O) groups excluding carboxylic acids is 1. The number of morpholine rings is 1. The summed E-state index contributed by atoms with van der Waals surface area (Å²) in [6.07, 6.45) is 3.77. The summed E-state index contributed by atoms with van der Waals surface area (Å²) in [6.45, 7) is 12.4. The number of benzene rings is 1. The van der Waals surface area contributed by atoms with Gasteiger partial charge in [0.05, 0.1) is 29.6 Å². The van der Waals surface area contributed by atoms with Crippen molar-refractivity contribution < 1.29 is 9.53 Å². The van der Waals surface area contributed by atoms with Crippen molar-refractivity contribution in [2.24, 2.45) is 5.92 Å². The van der Waals surface area contributed by atoms with Gasteiger partial charge in [-0.1, -0.05) is 31.0 Å². The fraction of sp³-hybridized carbons (Fsp3) is 0.682. The molecule has 2 N–H and O–H groups in total. The average Bonchev–Trinajstić information content (AvgIpc) is 2.73. The van der Waals surface area contributed by atoms with E-state index in [1.165, 1.54) is 19.3 Å². The van der Waals surface area contributed by atoms with Crippen LogP contribution in [0.3, 0.4) is 0 Å². The third-order valence-electron chi connectivity index (χ3n) is 6.20. The number of amides is 2. The Kier molecular flexibility index (Phi) is 7.66. The number of nitrogens with one attached hydrogen (secondary N) is 2. The van der Waals surface area contributed by atoms with Crippen molar-refractivity contribution >= 4 is 29.0 Å². The lowest BCUT2D eigenvalue weighted by atomic mass is 9.91. The number of piperidine rings is 1. The van der Waals surface area contributed by atoms with E-state index in [4.69, 9.17) is 16.3 Å². The summed E-state index contributed by atoms with van der Waals surface area (Å²) >= 11 is 6.46. The second-order valence-corrected chi connectivity index (χ2v) is 9.13. The van der Waals surface area contributed by atoms with Crippen molar-refractivity contribution in [2.45, 2.75) is 45.6 Å². The number of anilines is 2.